The van der Waals surface area contributed by atoms with E-state index in [0.29, 0.717) is 11.8 Å². The van der Waals surface area contributed by atoms with Crippen molar-refractivity contribution in [1.29, 1.82) is 0 Å². The van der Waals surface area contributed by atoms with Gasteiger partial charge in [-0.2, -0.15) is 0 Å². The minimum atomic E-state index is 0.0809. The summed E-state index contributed by atoms with van der Waals surface area (Å²) in [5, 5.41) is 0. The summed E-state index contributed by atoms with van der Waals surface area (Å²) in [7, 11) is 0. The van der Waals surface area contributed by atoms with Crippen LogP contribution in [-0.4, -0.2) is 5.78 Å². The summed E-state index contributed by atoms with van der Waals surface area (Å²) in [4.78, 5) is 11.1. The molecule has 0 aliphatic carbocycles. The first kappa shape index (κ1) is 11.2. The molecule has 0 rings (SSSR count). The summed E-state index contributed by atoms with van der Waals surface area (Å²) < 4.78 is 0. The van der Waals surface area contributed by atoms with Crippen LogP contribution in [0.5, 0.6) is 0 Å². The van der Waals surface area contributed by atoms with Gasteiger partial charge in [-0.15, -0.1) is 0 Å². The fraction of sp³-hybridized carbons (Fsp3) is 0.545. The van der Waals surface area contributed by atoms with Crippen LogP contribution in [0.4, 0.5) is 0 Å². The van der Waals surface area contributed by atoms with Gasteiger partial charge in [-0.05, 0) is 24.0 Å². The molecule has 0 fully saturated rings. The van der Waals surface area contributed by atoms with Crippen molar-refractivity contribution in [1.82, 2.24) is 0 Å². The molecule has 0 aromatic carbocycles. The van der Waals surface area contributed by atoms with Gasteiger partial charge in [-0.1, -0.05) is 39.8 Å². The fourth-order valence-electron chi connectivity index (χ4n) is 0.630. The maximum atomic E-state index is 11.1. The van der Waals surface area contributed by atoms with Crippen molar-refractivity contribution in [3.05, 3.63) is 24.3 Å². The van der Waals surface area contributed by atoms with E-state index in [4.69, 9.17) is 0 Å². The third kappa shape index (κ3) is 7.26. The van der Waals surface area contributed by atoms with E-state index in [1.807, 2.05) is 12.2 Å². The van der Waals surface area contributed by atoms with Crippen molar-refractivity contribution in [2.45, 2.75) is 27.7 Å². The average Bonchev–Trinajstić information content (AvgIpc) is 1.96. The molecular weight excluding hydrogens is 148 g/mol. The second-order valence-electron chi connectivity index (χ2n) is 3.61. The van der Waals surface area contributed by atoms with Crippen LogP contribution in [0.1, 0.15) is 27.7 Å². The highest BCUT2D eigenvalue weighted by atomic mass is 16.1. The second kappa shape index (κ2) is 5.76. The molecule has 12 heavy (non-hydrogen) atoms. The predicted molar refractivity (Wildman–Crippen MR) is 53.0 cm³/mol. The van der Waals surface area contributed by atoms with E-state index in [2.05, 4.69) is 27.7 Å². The molecule has 0 spiro atoms. The van der Waals surface area contributed by atoms with Crippen LogP contribution in [0.15, 0.2) is 24.3 Å². The van der Waals surface area contributed by atoms with E-state index in [9.17, 15) is 4.79 Å². The Morgan fingerprint density at radius 3 is 1.50 bits per heavy atom. The molecule has 0 saturated heterocycles. The summed E-state index contributed by atoms with van der Waals surface area (Å²) in [5.74, 6) is 0.972. The highest BCUT2D eigenvalue weighted by molar-refractivity contribution is 5.99. The van der Waals surface area contributed by atoms with Gasteiger partial charge in [0, 0.05) is 0 Å². The predicted octanol–water partition coefficient (Wildman–Crippen LogP) is 2.98. The van der Waals surface area contributed by atoms with Crippen molar-refractivity contribution in [2.75, 3.05) is 0 Å². The SMILES string of the molecule is CC(C)C=CC(=O)C=CC(C)C. The molecule has 0 bridgehead atoms. The number of carbonyl (C=O) groups is 1. The zero-order valence-electron chi connectivity index (χ0n) is 8.37. The zero-order chi connectivity index (χ0) is 9.56. The molecule has 68 valence electrons. The van der Waals surface area contributed by atoms with Gasteiger partial charge >= 0.3 is 0 Å². The van der Waals surface area contributed by atoms with Gasteiger partial charge < -0.3 is 0 Å². The van der Waals surface area contributed by atoms with Gasteiger partial charge in [0.05, 0.1) is 0 Å². The summed E-state index contributed by atoms with van der Waals surface area (Å²) in [6, 6.07) is 0. The van der Waals surface area contributed by atoms with Gasteiger partial charge in [0.25, 0.3) is 0 Å². The molecule has 0 aromatic heterocycles. The molecule has 0 aromatic rings. The van der Waals surface area contributed by atoms with Crippen LogP contribution in [0, 0.1) is 11.8 Å². The van der Waals surface area contributed by atoms with Gasteiger partial charge in [0.15, 0.2) is 5.78 Å². The van der Waals surface area contributed by atoms with E-state index in [1.54, 1.807) is 12.2 Å². The number of carbonyl (C=O) groups excluding carboxylic acids is 1. The van der Waals surface area contributed by atoms with Crippen LogP contribution in [0.25, 0.3) is 0 Å². The van der Waals surface area contributed by atoms with Crippen LogP contribution in [0.2, 0.25) is 0 Å². The van der Waals surface area contributed by atoms with Crippen molar-refractivity contribution in [2.24, 2.45) is 11.8 Å². The van der Waals surface area contributed by atoms with E-state index in [0.717, 1.165) is 0 Å². The van der Waals surface area contributed by atoms with Gasteiger partial charge in [-0.25, -0.2) is 0 Å². The standard InChI is InChI=1S/C11H18O/c1-9(2)5-7-11(12)8-6-10(3)4/h5-10H,1-4H3. The van der Waals surface area contributed by atoms with E-state index in [-0.39, 0.29) is 5.78 Å². The third-order valence-electron chi connectivity index (χ3n) is 1.29. The number of hydrogen-bond donors (Lipinski definition) is 0. The lowest BCUT2D eigenvalue weighted by Crippen LogP contribution is -1.89. The smallest absolute Gasteiger partial charge is 0.178 e. The lowest BCUT2D eigenvalue weighted by molar-refractivity contribution is -0.110. The Morgan fingerprint density at radius 1 is 0.917 bits per heavy atom. The molecule has 0 aliphatic heterocycles. The largest absolute Gasteiger partial charge is 0.290 e. The first-order valence-electron chi connectivity index (χ1n) is 4.42. The molecule has 0 N–H and O–H groups in total. The van der Waals surface area contributed by atoms with Gasteiger partial charge in [-0.3, -0.25) is 4.79 Å². The molecule has 0 aliphatic rings. The molecule has 0 unspecified atom stereocenters. The monoisotopic (exact) mass is 166 g/mol. The quantitative estimate of drug-likeness (QED) is 0.587. The van der Waals surface area contributed by atoms with Crippen LogP contribution < -0.4 is 0 Å². The van der Waals surface area contributed by atoms with Crippen LogP contribution in [-0.2, 0) is 4.79 Å². The first-order valence-corrected chi connectivity index (χ1v) is 4.42. The summed E-state index contributed by atoms with van der Waals surface area (Å²) in [6.45, 7) is 8.21. The highest BCUT2D eigenvalue weighted by Gasteiger charge is 1.91. The lowest BCUT2D eigenvalue weighted by atomic mass is 10.1. The zero-order valence-corrected chi connectivity index (χ0v) is 8.37. The normalized spacial score (nSPS) is 12.5. The average molecular weight is 166 g/mol. The number of hydrogen-bond acceptors (Lipinski definition) is 1. The molecule has 1 nitrogen and oxygen atoms in total. The molecule has 1 heteroatoms. The van der Waals surface area contributed by atoms with E-state index >= 15 is 0 Å². The maximum Gasteiger partial charge on any atom is 0.178 e. The minimum Gasteiger partial charge on any atom is -0.290 e. The first-order chi connectivity index (χ1) is 5.52. The Hall–Kier alpha value is -0.850. The highest BCUT2D eigenvalue weighted by Crippen LogP contribution is 1.96. The topological polar surface area (TPSA) is 17.1 Å². The number of ketones is 1. The Morgan fingerprint density at radius 2 is 1.25 bits per heavy atom. The van der Waals surface area contributed by atoms with Crippen molar-refractivity contribution in [3.63, 3.8) is 0 Å². The van der Waals surface area contributed by atoms with Crippen molar-refractivity contribution >= 4 is 5.78 Å². The fourth-order valence-corrected chi connectivity index (χ4v) is 0.630. The van der Waals surface area contributed by atoms with Gasteiger partial charge in [0.1, 0.15) is 0 Å². The summed E-state index contributed by atoms with van der Waals surface area (Å²) >= 11 is 0. The Labute approximate surface area is 75.2 Å². The number of allylic oxidation sites excluding steroid dienone is 4. The Bertz CT molecular complexity index is 165. The van der Waals surface area contributed by atoms with Crippen molar-refractivity contribution < 1.29 is 4.79 Å². The van der Waals surface area contributed by atoms with Crippen LogP contribution >= 0.6 is 0 Å². The minimum absolute atomic E-state index is 0.0809. The summed E-state index contributed by atoms with van der Waals surface area (Å²) in [6.07, 6.45) is 7.08. The summed E-state index contributed by atoms with van der Waals surface area (Å²) in [5.41, 5.74) is 0. The second-order valence-corrected chi connectivity index (χ2v) is 3.61. The molecule has 0 radical (unpaired) electrons. The molecular formula is C11H18O. The molecule has 0 amide bonds. The number of rotatable bonds is 4. The van der Waals surface area contributed by atoms with Crippen molar-refractivity contribution in [3.8, 4) is 0 Å². The Balaban J connectivity index is 3.90. The lowest BCUT2D eigenvalue weighted by Gasteiger charge is -1.92. The van der Waals surface area contributed by atoms with Crippen LogP contribution in [0.3, 0.4) is 0 Å². The Kier molecular flexibility index (Phi) is 5.35. The third-order valence-corrected chi connectivity index (χ3v) is 1.29. The molecule has 0 saturated carbocycles. The maximum absolute atomic E-state index is 11.1. The molecule has 0 atom stereocenters. The van der Waals surface area contributed by atoms with E-state index < -0.39 is 0 Å². The van der Waals surface area contributed by atoms with E-state index in [1.165, 1.54) is 0 Å². The van der Waals surface area contributed by atoms with Gasteiger partial charge in [0.2, 0.25) is 0 Å². The molecule has 0 heterocycles.